The molecule has 0 amide bonds. The SMILES string of the molecule is COC1NCNCC1C1NCC2C(N1)N(CC1CCC(C3NC(C(F)(F)F)CN3C)CC1)C(=N)N2C. The van der Waals surface area contributed by atoms with E-state index >= 15 is 0 Å². The number of hydrogen-bond donors (Lipinski definition) is 6. The third-order valence-corrected chi connectivity index (χ3v) is 9.09. The average molecular weight is 518 g/mol. The van der Waals surface area contributed by atoms with Gasteiger partial charge in [-0.2, -0.15) is 13.2 Å². The topological polar surface area (TPSA) is 103 Å². The number of ether oxygens (including phenoxy) is 1. The molecule has 4 aliphatic heterocycles. The van der Waals surface area contributed by atoms with Gasteiger partial charge < -0.3 is 19.9 Å². The molecule has 4 heterocycles. The average Bonchev–Trinajstić information content (AvgIpc) is 3.38. The lowest BCUT2D eigenvalue weighted by Crippen LogP contribution is -2.71. The Morgan fingerprint density at radius 3 is 2.44 bits per heavy atom. The summed E-state index contributed by atoms with van der Waals surface area (Å²) in [7, 11) is 5.51. The van der Waals surface area contributed by atoms with E-state index in [0.29, 0.717) is 11.9 Å². The summed E-state index contributed by atoms with van der Waals surface area (Å²) in [6.45, 7) is 3.16. The van der Waals surface area contributed by atoms with Gasteiger partial charge in [0, 0.05) is 52.9 Å². The van der Waals surface area contributed by atoms with Gasteiger partial charge in [-0.1, -0.05) is 0 Å². The number of methoxy groups -OCH3 is 1. The van der Waals surface area contributed by atoms with Crippen LogP contribution in [0.4, 0.5) is 13.2 Å². The Morgan fingerprint density at radius 2 is 1.78 bits per heavy atom. The van der Waals surface area contributed by atoms with E-state index in [4.69, 9.17) is 10.1 Å². The van der Waals surface area contributed by atoms with Gasteiger partial charge in [-0.15, -0.1) is 0 Å². The molecule has 7 unspecified atom stereocenters. The Labute approximate surface area is 211 Å². The van der Waals surface area contributed by atoms with Gasteiger partial charge in [0.15, 0.2) is 5.96 Å². The summed E-state index contributed by atoms with van der Waals surface area (Å²) in [6.07, 6.45) is -0.591. The third kappa shape index (κ3) is 5.07. The van der Waals surface area contributed by atoms with E-state index in [-0.39, 0.29) is 49.1 Å². The van der Waals surface area contributed by atoms with Crippen LogP contribution < -0.4 is 26.6 Å². The minimum absolute atomic E-state index is 0.0191. The molecule has 7 atom stereocenters. The van der Waals surface area contributed by atoms with Crippen molar-refractivity contribution in [2.45, 2.75) is 68.7 Å². The maximum absolute atomic E-state index is 13.2. The van der Waals surface area contributed by atoms with Gasteiger partial charge in [0.2, 0.25) is 0 Å². The van der Waals surface area contributed by atoms with Crippen LogP contribution >= 0.6 is 0 Å². The molecule has 0 bridgehead atoms. The summed E-state index contributed by atoms with van der Waals surface area (Å²) in [6, 6.07) is -1.26. The lowest BCUT2D eigenvalue weighted by molar-refractivity contribution is -0.150. The molecule has 4 saturated heterocycles. The highest BCUT2D eigenvalue weighted by atomic mass is 19.4. The Morgan fingerprint density at radius 1 is 1.03 bits per heavy atom. The minimum Gasteiger partial charge on any atom is -0.366 e. The van der Waals surface area contributed by atoms with Crippen LogP contribution in [0.3, 0.4) is 0 Å². The Kier molecular flexibility index (Phi) is 7.70. The number of guanidine groups is 1. The summed E-state index contributed by atoms with van der Waals surface area (Å²) in [4.78, 5) is 6.08. The van der Waals surface area contributed by atoms with E-state index in [1.54, 1.807) is 14.2 Å². The molecule has 1 aliphatic carbocycles. The van der Waals surface area contributed by atoms with Crippen molar-refractivity contribution >= 4 is 5.96 Å². The zero-order valence-electron chi connectivity index (χ0n) is 21.4. The van der Waals surface area contributed by atoms with Crippen LogP contribution in [0.2, 0.25) is 0 Å². The fourth-order valence-corrected chi connectivity index (χ4v) is 6.99. The zero-order chi connectivity index (χ0) is 25.6. The smallest absolute Gasteiger partial charge is 0.366 e. The van der Waals surface area contributed by atoms with E-state index in [1.165, 1.54) is 0 Å². The van der Waals surface area contributed by atoms with Crippen molar-refractivity contribution in [2.24, 2.45) is 17.8 Å². The van der Waals surface area contributed by atoms with Gasteiger partial charge in [-0.3, -0.25) is 31.6 Å². The van der Waals surface area contributed by atoms with Crippen molar-refractivity contribution in [1.29, 1.82) is 5.41 Å². The van der Waals surface area contributed by atoms with Gasteiger partial charge in [-0.25, -0.2) is 0 Å². The molecule has 5 fully saturated rings. The standard InChI is InChI=1S/C23H42F3N9O/c1-33-11-17(23(24,25)26)31-19(33)14-6-4-13(5-7-14)10-35-20-16(34(2)22(35)27)9-29-18(32-20)15-8-28-12-30-21(15)36-3/h13-21,27-32H,4-12H2,1-3H3. The molecule has 6 N–H and O–H groups in total. The Balaban J connectivity index is 1.18. The van der Waals surface area contributed by atoms with Crippen molar-refractivity contribution in [3.05, 3.63) is 0 Å². The number of rotatable bonds is 5. The lowest BCUT2D eigenvalue weighted by atomic mass is 9.80. The molecule has 36 heavy (non-hydrogen) atoms. The summed E-state index contributed by atoms with van der Waals surface area (Å²) >= 11 is 0. The maximum atomic E-state index is 13.2. The molecule has 5 aliphatic rings. The van der Waals surface area contributed by atoms with Crippen molar-refractivity contribution < 1.29 is 17.9 Å². The molecule has 0 aromatic carbocycles. The number of alkyl halides is 3. The second-order valence-corrected chi connectivity index (χ2v) is 11.2. The van der Waals surface area contributed by atoms with Gasteiger partial charge >= 0.3 is 6.18 Å². The maximum Gasteiger partial charge on any atom is 0.405 e. The molecule has 206 valence electrons. The zero-order valence-corrected chi connectivity index (χ0v) is 21.4. The predicted molar refractivity (Wildman–Crippen MR) is 130 cm³/mol. The highest BCUT2D eigenvalue weighted by Crippen LogP contribution is 2.37. The van der Waals surface area contributed by atoms with E-state index in [0.717, 1.165) is 52.0 Å². The molecule has 10 nitrogen and oxygen atoms in total. The van der Waals surface area contributed by atoms with Crippen molar-refractivity contribution in [3.8, 4) is 0 Å². The van der Waals surface area contributed by atoms with E-state index in [9.17, 15) is 13.2 Å². The molecule has 0 radical (unpaired) electrons. The van der Waals surface area contributed by atoms with Gasteiger partial charge in [-0.05, 0) is 44.6 Å². The number of nitrogens with one attached hydrogen (secondary N) is 6. The van der Waals surface area contributed by atoms with Gasteiger partial charge in [0.05, 0.1) is 18.4 Å². The number of halogens is 3. The minimum atomic E-state index is -4.20. The van der Waals surface area contributed by atoms with E-state index in [2.05, 4.69) is 31.5 Å². The van der Waals surface area contributed by atoms with Crippen LogP contribution in [0.1, 0.15) is 25.7 Å². The van der Waals surface area contributed by atoms with Crippen molar-refractivity contribution in [3.63, 3.8) is 0 Å². The van der Waals surface area contributed by atoms with Crippen LogP contribution in [0.5, 0.6) is 0 Å². The molecule has 1 saturated carbocycles. The van der Waals surface area contributed by atoms with Crippen LogP contribution in [0, 0.1) is 23.2 Å². The highest BCUT2D eigenvalue weighted by Gasteiger charge is 2.50. The van der Waals surface area contributed by atoms with Crippen LogP contribution in [-0.4, -0.2) is 118 Å². The van der Waals surface area contributed by atoms with Crippen LogP contribution in [0.25, 0.3) is 0 Å². The molecular formula is C23H42F3N9O. The molecular weight excluding hydrogens is 475 g/mol. The summed E-state index contributed by atoms with van der Waals surface area (Å²) in [5, 5.41) is 25.8. The molecule has 13 heteroatoms. The first-order chi connectivity index (χ1) is 17.2. The predicted octanol–water partition coefficient (Wildman–Crippen LogP) is -0.280. The largest absolute Gasteiger partial charge is 0.405 e. The van der Waals surface area contributed by atoms with Crippen LogP contribution in [-0.2, 0) is 4.74 Å². The number of likely N-dealkylation sites (N-methyl/N-ethyl adjacent to an activating group) is 2. The van der Waals surface area contributed by atoms with E-state index in [1.807, 2.05) is 16.8 Å². The fourth-order valence-electron chi connectivity index (χ4n) is 6.99. The Hall–Kier alpha value is -1.22. The van der Waals surface area contributed by atoms with Gasteiger partial charge in [0.25, 0.3) is 0 Å². The molecule has 0 spiro atoms. The first kappa shape index (κ1) is 26.4. The molecule has 5 rings (SSSR count). The monoisotopic (exact) mass is 517 g/mol. The highest BCUT2D eigenvalue weighted by molar-refractivity contribution is 5.80. The quantitative estimate of drug-likeness (QED) is 0.294. The first-order valence-corrected chi connectivity index (χ1v) is 13.2. The summed E-state index contributed by atoms with van der Waals surface area (Å²) in [5.41, 5.74) is 0. The van der Waals surface area contributed by atoms with Crippen molar-refractivity contribution in [1.82, 2.24) is 41.3 Å². The Bertz CT molecular complexity index is 780. The fraction of sp³-hybridized carbons (Fsp3) is 0.957. The third-order valence-electron chi connectivity index (χ3n) is 9.09. The molecule has 0 aromatic rings. The van der Waals surface area contributed by atoms with Crippen LogP contribution in [0.15, 0.2) is 0 Å². The van der Waals surface area contributed by atoms with Crippen molar-refractivity contribution in [2.75, 3.05) is 54.1 Å². The van der Waals surface area contributed by atoms with E-state index < -0.39 is 12.2 Å². The number of fused-ring (bicyclic) bond motifs is 1. The molecule has 0 aromatic heterocycles. The normalized spacial score (nSPS) is 42.7. The lowest BCUT2D eigenvalue weighted by Gasteiger charge is -2.45. The summed E-state index contributed by atoms with van der Waals surface area (Å²) in [5.74, 6) is 1.40. The summed E-state index contributed by atoms with van der Waals surface area (Å²) < 4.78 is 45.3. The first-order valence-electron chi connectivity index (χ1n) is 13.2. The second-order valence-electron chi connectivity index (χ2n) is 11.2. The number of nitrogens with zero attached hydrogens (tertiary/aromatic N) is 3. The van der Waals surface area contributed by atoms with Gasteiger partial charge in [0.1, 0.15) is 18.4 Å². The second kappa shape index (κ2) is 10.5. The number of hydrogen-bond acceptors (Lipinski definition) is 8.